The molecule has 1 aliphatic heterocycles. The Labute approximate surface area is 214 Å². The lowest BCUT2D eigenvalue weighted by Crippen LogP contribution is -2.43. The van der Waals surface area contributed by atoms with E-state index in [0.29, 0.717) is 11.3 Å². The number of nitrogens with two attached hydrogens (primary N) is 2. The van der Waals surface area contributed by atoms with Crippen LogP contribution in [0.3, 0.4) is 0 Å². The molecule has 3 aromatic heterocycles. The van der Waals surface area contributed by atoms with Crippen molar-refractivity contribution in [1.82, 2.24) is 19.4 Å². The first-order valence-electron chi connectivity index (χ1n) is 12.9. The molecule has 1 saturated carbocycles. The molecule has 3 aromatic rings. The number of fused-ring (bicyclic) bond motifs is 1. The zero-order valence-electron chi connectivity index (χ0n) is 20.8. The molecule has 11 heteroatoms. The highest BCUT2D eigenvalue weighted by molar-refractivity contribution is 6.00. The number of hydrogen-bond acceptors (Lipinski definition) is 7. The highest BCUT2D eigenvalue weighted by Crippen LogP contribution is 2.30. The quantitative estimate of drug-likeness (QED) is 0.384. The summed E-state index contributed by atoms with van der Waals surface area (Å²) >= 11 is 0. The maximum Gasteiger partial charge on any atom is 0.252 e. The topological polar surface area (TPSA) is 144 Å². The molecule has 4 heterocycles. The van der Waals surface area contributed by atoms with Crippen molar-refractivity contribution in [2.75, 3.05) is 23.7 Å². The molecule has 10 nitrogen and oxygen atoms in total. The van der Waals surface area contributed by atoms with E-state index in [1.807, 2.05) is 21.7 Å². The van der Waals surface area contributed by atoms with Crippen molar-refractivity contribution >= 4 is 40.2 Å². The number of nitrogens with zero attached hydrogens (tertiary/aromatic N) is 4. The number of carbonyl (C=O) groups excluding carboxylic acids is 2. The highest BCUT2D eigenvalue weighted by Gasteiger charge is 2.25. The third-order valence-corrected chi connectivity index (χ3v) is 7.31. The van der Waals surface area contributed by atoms with Crippen LogP contribution < -0.4 is 22.1 Å². The van der Waals surface area contributed by atoms with Gasteiger partial charge in [0, 0.05) is 43.0 Å². The summed E-state index contributed by atoms with van der Waals surface area (Å²) < 4.78 is 16.7. The minimum Gasteiger partial charge on any atom is -0.365 e. The third-order valence-electron chi connectivity index (χ3n) is 7.31. The Bertz CT molecular complexity index is 1300. The van der Waals surface area contributed by atoms with E-state index in [4.69, 9.17) is 11.5 Å². The third kappa shape index (κ3) is 5.36. The van der Waals surface area contributed by atoms with E-state index < -0.39 is 11.7 Å². The number of amides is 2. The van der Waals surface area contributed by atoms with Crippen molar-refractivity contribution in [2.24, 2.45) is 11.5 Å². The number of rotatable bonds is 7. The molecule has 0 bridgehead atoms. The summed E-state index contributed by atoms with van der Waals surface area (Å²) in [6.45, 7) is 1.76. The fourth-order valence-corrected chi connectivity index (χ4v) is 5.23. The molecule has 37 heavy (non-hydrogen) atoms. The molecular formula is C26H33FN8O2. The average Bonchev–Trinajstić information content (AvgIpc) is 3.31. The number of carbonyl (C=O) groups is 2. The van der Waals surface area contributed by atoms with Crippen molar-refractivity contribution in [3.05, 3.63) is 42.0 Å². The minimum absolute atomic E-state index is 0.0184. The fraction of sp³-hybridized carbons (Fsp3) is 0.462. The molecule has 2 amide bonds. The smallest absolute Gasteiger partial charge is 0.252 e. The number of likely N-dealkylation sites (tertiary alicyclic amines) is 1. The van der Waals surface area contributed by atoms with E-state index in [1.54, 1.807) is 12.3 Å². The van der Waals surface area contributed by atoms with Crippen molar-refractivity contribution < 1.29 is 14.0 Å². The SMILES string of the molecule is NC(=O)c1cc(F)c(NC2CCCCC2N)nc1Nc1ccnc2c1ccn2CC(=O)N1CCCCC1. The lowest BCUT2D eigenvalue weighted by atomic mass is 9.91. The first-order valence-corrected chi connectivity index (χ1v) is 12.9. The lowest BCUT2D eigenvalue weighted by molar-refractivity contribution is -0.132. The molecule has 5 rings (SSSR count). The van der Waals surface area contributed by atoms with Gasteiger partial charge in [-0.15, -0.1) is 0 Å². The van der Waals surface area contributed by atoms with E-state index >= 15 is 0 Å². The Morgan fingerprint density at radius 3 is 2.62 bits per heavy atom. The van der Waals surface area contributed by atoms with Crippen LogP contribution in [-0.2, 0) is 11.3 Å². The minimum atomic E-state index is -0.801. The molecule has 2 unspecified atom stereocenters. The van der Waals surface area contributed by atoms with Crippen LogP contribution in [0.15, 0.2) is 30.6 Å². The van der Waals surface area contributed by atoms with Gasteiger partial charge in [-0.25, -0.2) is 14.4 Å². The first-order chi connectivity index (χ1) is 17.9. The highest BCUT2D eigenvalue weighted by atomic mass is 19.1. The second-order valence-corrected chi connectivity index (χ2v) is 9.88. The van der Waals surface area contributed by atoms with Gasteiger partial charge in [0.15, 0.2) is 11.6 Å². The summed E-state index contributed by atoms with van der Waals surface area (Å²) in [5.41, 5.74) is 12.9. The van der Waals surface area contributed by atoms with Gasteiger partial charge < -0.3 is 31.6 Å². The van der Waals surface area contributed by atoms with Gasteiger partial charge in [-0.1, -0.05) is 12.8 Å². The lowest BCUT2D eigenvalue weighted by Gasteiger charge is -2.30. The number of piperidine rings is 1. The van der Waals surface area contributed by atoms with E-state index in [9.17, 15) is 14.0 Å². The summed E-state index contributed by atoms with van der Waals surface area (Å²) in [5.74, 6) is -1.26. The van der Waals surface area contributed by atoms with Crippen LogP contribution in [0.1, 0.15) is 55.3 Å². The summed E-state index contributed by atoms with van der Waals surface area (Å²) in [5, 5.41) is 7.00. The van der Waals surface area contributed by atoms with Gasteiger partial charge in [0.05, 0.1) is 11.3 Å². The molecular weight excluding hydrogens is 475 g/mol. The number of primary amides is 1. The van der Waals surface area contributed by atoms with Gasteiger partial charge in [-0.3, -0.25) is 9.59 Å². The molecule has 0 radical (unpaired) electrons. The number of hydrogen-bond donors (Lipinski definition) is 4. The van der Waals surface area contributed by atoms with Crippen LogP contribution in [0, 0.1) is 5.82 Å². The predicted molar refractivity (Wildman–Crippen MR) is 140 cm³/mol. The van der Waals surface area contributed by atoms with E-state index in [2.05, 4.69) is 20.6 Å². The number of halogens is 1. The van der Waals surface area contributed by atoms with E-state index in [1.165, 1.54) is 0 Å². The standard InChI is InChI=1S/C26H33FN8O2/c27-18-14-17(23(29)37)24(33-25(18)32-21-7-3-2-6-19(21)28)31-20-8-10-30-26-16(20)9-13-35(26)15-22(36)34-11-4-1-5-12-34/h8-10,13-14,19,21H,1-7,11-12,15,28H2,(H2,29,37)(H2,30,31,32,33). The summed E-state index contributed by atoms with van der Waals surface area (Å²) in [6, 6.07) is 4.47. The Hall–Kier alpha value is -3.73. The number of anilines is 3. The summed E-state index contributed by atoms with van der Waals surface area (Å²) in [6.07, 6.45) is 10.4. The Morgan fingerprint density at radius 2 is 1.86 bits per heavy atom. The second kappa shape index (κ2) is 10.7. The maximum atomic E-state index is 14.9. The Morgan fingerprint density at radius 1 is 1.08 bits per heavy atom. The fourth-order valence-electron chi connectivity index (χ4n) is 5.23. The normalized spacial score (nSPS) is 20.1. The van der Waals surface area contributed by atoms with E-state index in [0.717, 1.165) is 69.5 Å². The van der Waals surface area contributed by atoms with Gasteiger partial charge in [-0.05, 0) is 50.3 Å². The van der Waals surface area contributed by atoms with Gasteiger partial charge >= 0.3 is 0 Å². The monoisotopic (exact) mass is 508 g/mol. The zero-order valence-corrected chi connectivity index (χ0v) is 20.8. The van der Waals surface area contributed by atoms with Crippen molar-refractivity contribution in [3.8, 4) is 0 Å². The average molecular weight is 509 g/mol. The van der Waals surface area contributed by atoms with Crippen molar-refractivity contribution in [1.29, 1.82) is 0 Å². The van der Waals surface area contributed by atoms with Gasteiger partial charge in [0.2, 0.25) is 5.91 Å². The second-order valence-electron chi connectivity index (χ2n) is 9.88. The van der Waals surface area contributed by atoms with Crippen LogP contribution in [-0.4, -0.2) is 56.4 Å². The van der Waals surface area contributed by atoms with Gasteiger partial charge in [0.1, 0.15) is 18.0 Å². The van der Waals surface area contributed by atoms with Crippen molar-refractivity contribution in [3.63, 3.8) is 0 Å². The molecule has 0 aromatic carbocycles. The van der Waals surface area contributed by atoms with Crippen LogP contribution in [0.4, 0.5) is 21.7 Å². The Kier molecular flexibility index (Phi) is 7.22. The number of aromatic nitrogens is 3. The molecule has 6 N–H and O–H groups in total. The molecule has 0 spiro atoms. The molecule has 2 atom stereocenters. The molecule has 2 fully saturated rings. The van der Waals surface area contributed by atoms with Crippen LogP contribution in [0.2, 0.25) is 0 Å². The Balaban J connectivity index is 1.42. The largest absolute Gasteiger partial charge is 0.365 e. The van der Waals surface area contributed by atoms with Gasteiger partial charge in [-0.2, -0.15) is 0 Å². The molecule has 196 valence electrons. The van der Waals surface area contributed by atoms with Crippen LogP contribution in [0.25, 0.3) is 11.0 Å². The summed E-state index contributed by atoms with van der Waals surface area (Å²) in [7, 11) is 0. The molecule has 1 aliphatic carbocycles. The summed E-state index contributed by atoms with van der Waals surface area (Å²) in [4.78, 5) is 35.7. The first kappa shape index (κ1) is 24.9. The zero-order chi connectivity index (χ0) is 25.9. The number of nitrogens with one attached hydrogen (secondary N) is 2. The van der Waals surface area contributed by atoms with Crippen molar-refractivity contribution in [2.45, 2.75) is 63.6 Å². The predicted octanol–water partition coefficient (Wildman–Crippen LogP) is 3.11. The van der Waals surface area contributed by atoms with Crippen LogP contribution >= 0.6 is 0 Å². The molecule has 2 aliphatic rings. The number of pyridine rings is 2. The van der Waals surface area contributed by atoms with Crippen LogP contribution in [0.5, 0.6) is 0 Å². The van der Waals surface area contributed by atoms with Gasteiger partial charge in [0.25, 0.3) is 5.91 Å². The van der Waals surface area contributed by atoms with E-state index in [-0.39, 0.29) is 41.7 Å². The maximum absolute atomic E-state index is 14.9. The molecule has 1 saturated heterocycles.